The quantitative estimate of drug-likeness (QED) is 0.646. The second-order valence-electron chi connectivity index (χ2n) is 5.48. The van der Waals surface area contributed by atoms with Crippen LogP contribution in [-0.2, 0) is 6.54 Å². The van der Waals surface area contributed by atoms with E-state index in [9.17, 15) is 0 Å². The van der Waals surface area contributed by atoms with Crippen molar-refractivity contribution in [2.24, 2.45) is 4.99 Å². The fourth-order valence-corrected chi connectivity index (χ4v) is 4.38. The van der Waals surface area contributed by atoms with E-state index in [1.807, 2.05) is 0 Å². The van der Waals surface area contributed by atoms with Gasteiger partial charge >= 0.3 is 0 Å². The fourth-order valence-electron chi connectivity index (χ4n) is 2.31. The molecule has 0 aliphatic carbocycles. The molecule has 5 heteroatoms. The van der Waals surface area contributed by atoms with Crippen LogP contribution in [0.4, 0.5) is 0 Å². The van der Waals surface area contributed by atoms with Gasteiger partial charge in [-0.2, -0.15) is 11.8 Å². The van der Waals surface area contributed by atoms with Crippen molar-refractivity contribution in [1.29, 1.82) is 0 Å². The summed E-state index contributed by atoms with van der Waals surface area (Å²) in [6, 6.07) is 2.16. The molecule has 0 bridgehead atoms. The highest BCUT2D eigenvalue weighted by atomic mass is 32.2. The molecule has 20 heavy (non-hydrogen) atoms. The van der Waals surface area contributed by atoms with Crippen LogP contribution in [0.15, 0.2) is 16.4 Å². The molecular formula is C15H25N3S2. The molecule has 2 heterocycles. The van der Waals surface area contributed by atoms with Crippen LogP contribution in [0.25, 0.3) is 0 Å². The van der Waals surface area contributed by atoms with E-state index in [-0.39, 0.29) is 0 Å². The number of aryl methyl sites for hydroxylation is 1. The van der Waals surface area contributed by atoms with Crippen LogP contribution >= 0.6 is 23.1 Å². The van der Waals surface area contributed by atoms with Crippen LogP contribution in [-0.4, -0.2) is 29.5 Å². The van der Waals surface area contributed by atoms with Crippen LogP contribution in [0, 0.1) is 6.92 Å². The number of nitrogens with one attached hydrogen (secondary N) is 2. The third kappa shape index (κ3) is 4.42. The van der Waals surface area contributed by atoms with E-state index >= 15 is 0 Å². The average Bonchev–Trinajstić information content (AvgIpc) is 3.03. The number of thiophene rings is 1. The molecule has 2 N–H and O–H groups in total. The summed E-state index contributed by atoms with van der Waals surface area (Å²) in [7, 11) is 0. The Hall–Kier alpha value is -0.680. The van der Waals surface area contributed by atoms with E-state index in [4.69, 9.17) is 4.99 Å². The van der Waals surface area contributed by atoms with Crippen LogP contribution in [0.3, 0.4) is 0 Å². The van der Waals surface area contributed by atoms with Crippen molar-refractivity contribution < 1.29 is 0 Å². The molecule has 1 aromatic heterocycles. The lowest BCUT2D eigenvalue weighted by molar-refractivity contribution is 0.584. The highest BCUT2D eigenvalue weighted by molar-refractivity contribution is 8.00. The number of rotatable bonds is 5. The number of hydrogen-bond donors (Lipinski definition) is 2. The van der Waals surface area contributed by atoms with Crippen molar-refractivity contribution in [2.75, 3.05) is 18.8 Å². The molecule has 3 nitrogen and oxygen atoms in total. The molecule has 2 rings (SSSR count). The summed E-state index contributed by atoms with van der Waals surface area (Å²) in [6.45, 7) is 9.27. The maximum atomic E-state index is 4.70. The Morgan fingerprint density at radius 2 is 2.30 bits per heavy atom. The minimum absolute atomic E-state index is 0.370. The molecule has 0 saturated carbocycles. The number of thioether (sulfide) groups is 1. The van der Waals surface area contributed by atoms with Gasteiger partial charge in [0.1, 0.15) is 0 Å². The first-order valence-corrected chi connectivity index (χ1v) is 9.18. The fraction of sp³-hybridized carbons (Fsp3) is 0.667. The number of guanidine groups is 1. The first-order valence-electron chi connectivity index (χ1n) is 7.32. The van der Waals surface area contributed by atoms with Gasteiger partial charge in [-0.15, -0.1) is 11.3 Å². The average molecular weight is 312 g/mol. The van der Waals surface area contributed by atoms with Crippen LogP contribution in [0.5, 0.6) is 0 Å². The Morgan fingerprint density at radius 1 is 1.45 bits per heavy atom. The SMILES string of the molecule is CCNC(=NCc1sccc1C)NCC1(C)CCCS1. The first-order chi connectivity index (χ1) is 9.63. The van der Waals surface area contributed by atoms with Gasteiger partial charge in [0.15, 0.2) is 5.96 Å². The normalized spacial score (nSPS) is 23.1. The minimum Gasteiger partial charge on any atom is -0.357 e. The minimum atomic E-state index is 0.370. The second kappa shape index (κ2) is 7.36. The summed E-state index contributed by atoms with van der Waals surface area (Å²) in [5, 5.41) is 8.98. The molecule has 0 aromatic carbocycles. The molecule has 1 aliphatic heterocycles. The predicted molar refractivity (Wildman–Crippen MR) is 92.0 cm³/mol. The van der Waals surface area contributed by atoms with Crippen LogP contribution < -0.4 is 10.6 Å². The first kappa shape index (κ1) is 15.7. The van der Waals surface area contributed by atoms with Gasteiger partial charge in [0, 0.05) is 22.7 Å². The zero-order valence-corrected chi connectivity index (χ0v) is 14.3. The summed E-state index contributed by atoms with van der Waals surface area (Å²) >= 11 is 3.87. The molecule has 1 aromatic rings. The van der Waals surface area contributed by atoms with Crippen molar-refractivity contribution in [3.05, 3.63) is 21.9 Å². The largest absolute Gasteiger partial charge is 0.357 e. The van der Waals surface area contributed by atoms with Gasteiger partial charge in [-0.3, -0.25) is 0 Å². The highest BCUT2D eigenvalue weighted by Crippen LogP contribution is 2.36. The van der Waals surface area contributed by atoms with Crippen molar-refractivity contribution >= 4 is 29.1 Å². The third-order valence-corrected chi connectivity index (χ3v) is 6.17. The maximum Gasteiger partial charge on any atom is 0.191 e. The van der Waals surface area contributed by atoms with Crippen molar-refractivity contribution in [3.8, 4) is 0 Å². The van der Waals surface area contributed by atoms with Gasteiger partial charge in [-0.1, -0.05) is 0 Å². The molecule has 1 saturated heterocycles. The monoisotopic (exact) mass is 311 g/mol. The molecule has 1 aliphatic rings. The topological polar surface area (TPSA) is 36.4 Å². The lowest BCUT2D eigenvalue weighted by Gasteiger charge is -2.24. The molecule has 1 atom stereocenters. The second-order valence-corrected chi connectivity index (χ2v) is 8.16. The molecule has 0 radical (unpaired) electrons. The molecule has 1 unspecified atom stereocenters. The third-order valence-electron chi connectivity index (χ3n) is 3.62. The molecule has 0 amide bonds. The predicted octanol–water partition coefficient (Wildman–Crippen LogP) is 3.40. The Morgan fingerprint density at radius 3 is 2.90 bits per heavy atom. The highest BCUT2D eigenvalue weighted by Gasteiger charge is 2.29. The van der Waals surface area contributed by atoms with E-state index in [0.29, 0.717) is 4.75 Å². The van der Waals surface area contributed by atoms with E-state index in [0.717, 1.165) is 25.6 Å². The van der Waals surface area contributed by atoms with Gasteiger partial charge in [0.25, 0.3) is 0 Å². The van der Waals surface area contributed by atoms with Gasteiger partial charge in [0.05, 0.1) is 6.54 Å². The van der Waals surface area contributed by atoms with E-state index in [1.54, 1.807) is 11.3 Å². The smallest absolute Gasteiger partial charge is 0.191 e. The summed E-state index contributed by atoms with van der Waals surface area (Å²) in [6.07, 6.45) is 2.64. The van der Waals surface area contributed by atoms with E-state index in [2.05, 4.69) is 54.6 Å². The van der Waals surface area contributed by atoms with Gasteiger partial charge in [-0.25, -0.2) is 4.99 Å². The van der Waals surface area contributed by atoms with E-state index in [1.165, 1.54) is 29.0 Å². The Bertz CT molecular complexity index is 448. The van der Waals surface area contributed by atoms with Crippen molar-refractivity contribution in [2.45, 2.75) is 44.9 Å². The van der Waals surface area contributed by atoms with Crippen LogP contribution in [0.1, 0.15) is 37.1 Å². The standard InChI is InChI=1S/C15H25N3S2/c1-4-16-14(17-10-13-12(2)6-9-19-13)18-11-15(3)7-5-8-20-15/h6,9H,4-5,7-8,10-11H2,1-3H3,(H2,16,17,18). The van der Waals surface area contributed by atoms with Gasteiger partial charge in [0.2, 0.25) is 0 Å². The summed E-state index contributed by atoms with van der Waals surface area (Å²) in [5.74, 6) is 2.23. The summed E-state index contributed by atoms with van der Waals surface area (Å²) < 4.78 is 0.370. The zero-order valence-electron chi connectivity index (χ0n) is 12.7. The summed E-state index contributed by atoms with van der Waals surface area (Å²) in [5.41, 5.74) is 1.34. The molecule has 112 valence electrons. The zero-order chi connectivity index (χ0) is 14.4. The molecule has 1 fully saturated rings. The maximum absolute atomic E-state index is 4.70. The van der Waals surface area contributed by atoms with Crippen LogP contribution in [0.2, 0.25) is 0 Å². The number of nitrogens with zero attached hydrogens (tertiary/aromatic N) is 1. The van der Waals surface area contributed by atoms with Crippen molar-refractivity contribution in [3.63, 3.8) is 0 Å². The van der Waals surface area contributed by atoms with Gasteiger partial charge in [-0.05, 0) is 56.4 Å². The molecular weight excluding hydrogens is 286 g/mol. The van der Waals surface area contributed by atoms with E-state index < -0.39 is 0 Å². The molecule has 0 spiro atoms. The number of aliphatic imine (C=N–C) groups is 1. The Balaban J connectivity index is 1.90. The van der Waals surface area contributed by atoms with Gasteiger partial charge < -0.3 is 10.6 Å². The van der Waals surface area contributed by atoms with Crippen molar-refractivity contribution in [1.82, 2.24) is 10.6 Å². The Labute approximate surface area is 130 Å². The number of hydrogen-bond acceptors (Lipinski definition) is 3. The lowest BCUT2D eigenvalue weighted by Crippen LogP contribution is -2.43. The summed E-state index contributed by atoms with van der Waals surface area (Å²) in [4.78, 5) is 6.06. The Kier molecular flexibility index (Phi) is 5.78. The lowest BCUT2D eigenvalue weighted by atomic mass is 10.1.